The number of aliphatic carboxylic acids is 1. The smallest absolute Gasteiger partial charge is 0.308 e. The minimum atomic E-state index is -0.988. The van der Waals surface area contributed by atoms with Crippen LogP contribution in [-0.2, 0) is 22.5 Å². The summed E-state index contributed by atoms with van der Waals surface area (Å²) < 4.78 is 6.66. The Morgan fingerprint density at radius 3 is 2.63 bits per heavy atom. The number of carboxylic acids is 1. The molecule has 1 aromatic heterocycles. The molecule has 0 atom stereocenters. The van der Waals surface area contributed by atoms with Crippen molar-refractivity contribution < 1.29 is 14.6 Å². The van der Waals surface area contributed by atoms with Gasteiger partial charge in [0.05, 0.1) is 6.42 Å². The number of rotatable bonds is 7. The zero-order valence-electron chi connectivity index (χ0n) is 11.7. The fourth-order valence-corrected chi connectivity index (χ4v) is 2.04. The monoisotopic (exact) mass is 267 g/mol. The first-order chi connectivity index (χ1) is 8.97. The standard InChI is InChI=1S/C14H21NO4/c1-10(2)12-6-5-11(9-13(16)17)14(18)15(12)7-4-8-19-3/h5-6,10H,4,7-9H2,1-3H3,(H,16,17). The Kier molecular flexibility index (Phi) is 5.76. The predicted molar refractivity (Wildman–Crippen MR) is 72.6 cm³/mol. The molecule has 0 aliphatic carbocycles. The maximum Gasteiger partial charge on any atom is 0.308 e. The highest BCUT2D eigenvalue weighted by Gasteiger charge is 2.13. The number of aromatic nitrogens is 1. The van der Waals surface area contributed by atoms with Gasteiger partial charge in [0, 0.05) is 31.5 Å². The maximum atomic E-state index is 12.3. The van der Waals surface area contributed by atoms with Gasteiger partial charge < -0.3 is 14.4 Å². The molecule has 5 nitrogen and oxygen atoms in total. The molecule has 0 aliphatic heterocycles. The fourth-order valence-electron chi connectivity index (χ4n) is 2.04. The van der Waals surface area contributed by atoms with Gasteiger partial charge in [0.2, 0.25) is 0 Å². The van der Waals surface area contributed by atoms with Crippen LogP contribution in [0.3, 0.4) is 0 Å². The minimum Gasteiger partial charge on any atom is -0.481 e. The van der Waals surface area contributed by atoms with Crippen LogP contribution in [0.25, 0.3) is 0 Å². The lowest BCUT2D eigenvalue weighted by Crippen LogP contribution is -2.28. The fraction of sp³-hybridized carbons (Fsp3) is 0.571. The molecule has 0 aliphatic rings. The zero-order valence-corrected chi connectivity index (χ0v) is 11.7. The third-order valence-corrected chi connectivity index (χ3v) is 2.95. The van der Waals surface area contributed by atoms with E-state index >= 15 is 0 Å². The average Bonchev–Trinajstić information content (AvgIpc) is 2.33. The van der Waals surface area contributed by atoms with E-state index in [-0.39, 0.29) is 17.9 Å². The lowest BCUT2D eigenvalue weighted by molar-refractivity contribution is -0.136. The number of hydrogen-bond acceptors (Lipinski definition) is 3. The summed E-state index contributed by atoms with van der Waals surface area (Å²) in [6.45, 7) is 5.15. The van der Waals surface area contributed by atoms with Crippen LogP contribution in [0.2, 0.25) is 0 Å². The van der Waals surface area contributed by atoms with Crippen LogP contribution in [0.4, 0.5) is 0 Å². The molecule has 0 saturated heterocycles. The summed E-state index contributed by atoms with van der Waals surface area (Å²) in [4.78, 5) is 23.0. The van der Waals surface area contributed by atoms with E-state index in [1.165, 1.54) is 0 Å². The lowest BCUT2D eigenvalue weighted by atomic mass is 10.1. The largest absolute Gasteiger partial charge is 0.481 e. The number of pyridine rings is 1. The number of hydrogen-bond donors (Lipinski definition) is 1. The van der Waals surface area contributed by atoms with E-state index in [9.17, 15) is 9.59 Å². The van der Waals surface area contributed by atoms with E-state index in [2.05, 4.69) is 0 Å². The van der Waals surface area contributed by atoms with Gasteiger partial charge in [-0.25, -0.2) is 0 Å². The summed E-state index contributed by atoms with van der Waals surface area (Å²) in [5, 5.41) is 8.81. The number of nitrogens with zero attached hydrogens (tertiary/aromatic N) is 1. The van der Waals surface area contributed by atoms with Gasteiger partial charge in [-0.15, -0.1) is 0 Å². The molecule has 0 amide bonds. The zero-order chi connectivity index (χ0) is 14.4. The summed E-state index contributed by atoms with van der Waals surface area (Å²) >= 11 is 0. The van der Waals surface area contributed by atoms with Crippen molar-refractivity contribution in [2.45, 2.75) is 39.2 Å². The van der Waals surface area contributed by atoms with E-state index in [0.717, 1.165) is 12.1 Å². The quantitative estimate of drug-likeness (QED) is 0.762. The maximum absolute atomic E-state index is 12.3. The van der Waals surface area contributed by atoms with Crippen molar-refractivity contribution >= 4 is 5.97 Å². The minimum absolute atomic E-state index is 0.204. The molecule has 0 fully saturated rings. The molecule has 19 heavy (non-hydrogen) atoms. The van der Waals surface area contributed by atoms with Crippen molar-refractivity contribution in [3.05, 3.63) is 33.7 Å². The molecule has 1 aromatic rings. The van der Waals surface area contributed by atoms with Gasteiger partial charge in [0.25, 0.3) is 5.56 Å². The molecular formula is C14H21NO4. The topological polar surface area (TPSA) is 68.5 Å². The van der Waals surface area contributed by atoms with Crippen molar-refractivity contribution in [3.8, 4) is 0 Å². The molecule has 1 heterocycles. The van der Waals surface area contributed by atoms with Gasteiger partial charge in [-0.1, -0.05) is 19.9 Å². The Bertz CT molecular complexity index is 491. The number of methoxy groups -OCH3 is 1. The molecule has 0 aromatic carbocycles. The van der Waals surface area contributed by atoms with Crippen molar-refractivity contribution in [2.75, 3.05) is 13.7 Å². The molecule has 0 radical (unpaired) electrons. The molecule has 1 N–H and O–H groups in total. The first-order valence-electron chi connectivity index (χ1n) is 6.40. The van der Waals surface area contributed by atoms with Crippen LogP contribution >= 0.6 is 0 Å². The second-order valence-corrected chi connectivity index (χ2v) is 4.81. The third-order valence-electron chi connectivity index (χ3n) is 2.95. The number of carbonyl (C=O) groups is 1. The highest BCUT2D eigenvalue weighted by Crippen LogP contribution is 2.13. The van der Waals surface area contributed by atoms with Gasteiger partial charge in [0.15, 0.2) is 0 Å². The molecule has 0 bridgehead atoms. The second kappa shape index (κ2) is 7.09. The van der Waals surface area contributed by atoms with Gasteiger partial charge in [-0.2, -0.15) is 0 Å². The summed E-state index contributed by atoms with van der Waals surface area (Å²) in [5.41, 5.74) is 1.05. The first-order valence-corrected chi connectivity index (χ1v) is 6.40. The van der Waals surface area contributed by atoms with Gasteiger partial charge in [0.1, 0.15) is 0 Å². The van der Waals surface area contributed by atoms with E-state index in [4.69, 9.17) is 9.84 Å². The summed E-state index contributed by atoms with van der Waals surface area (Å²) in [6, 6.07) is 3.47. The van der Waals surface area contributed by atoms with Crippen LogP contribution < -0.4 is 5.56 Å². The second-order valence-electron chi connectivity index (χ2n) is 4.81. The van der Waals surface area contributed by atoms with Crippen LogP contribution in [0, 0.1) is 0 Å². The van der Waals surface area contributed by atoms with Crippen molar-refractivity contribution in [1.29, 1.82) is 0 Å². The molecule has 0 saturated carbocycles. The Morgan fingerprint density at radius 1 is 1.42 bits per heavy atom. The number of carboxylic acid groups (broad SMARTS) is 1. The first kappa shape index (κ1) is 15.4. The highest BCUT2D eigenvalue weighted by molar-refractivity contribution is 5.69. The normalized spacial score (nSPS) is 10.9. The molecule has 106 valence electrons. The Labute approximate surface area is 112 Å². The molecule has 0 spiro atoms. The molecule has 0 unspecified atom stereocenters. The van der Waals surface area contributed by atoms with Crippen LogP contribution in [-0.4, -0.2) is 29.4 Å². The molecular weight excluding hydrogens is 246 g/mol. The van der Waals surface area contributed by atoms with Gasteiger partial charge >= 0.3 is 5.97 Å². The van der Waals surface area contributed by atoms with Crippen LogP contribution in [0.1, 0.15) is 37.4 Å². The predicted octanol–water partition coefficient (Wildman–Crippen LogP) is 1.64. The summed E-state index contributed by atoms with van der Waals surface area (Å²) in [6.07, 6.45) is 0.494. The van der Waals surface area contributed by atoms with Crippen molar-refractivity contribution in [2.24, 2.45) is 0 Å². The SMILES string of the molecule is COCCCn1c(C(C)C)ccc(CC(=O)O)c1=O. The van der Waals surface area contributed by atoms with Crippen LogP contribution in [0.15, 0.2) is 16.9 Å². The third kappa shape index (κ3) is 4.21. The van der Waals surface area contributed by atoms with E-state index in [1.807, 2.05) is 19.9 Å². The summed E-state index contributed by atoms with van der Waals surface area (Å²) in [5.74, 6) is -0.771. The highest BCUT2D eigenvalue weighted by atomic mass is 16.5. The van der Waals surface area contributed by atoms with Gasteiger partial charge in [-0.05, 0) is 18.4 Å². The number of ether oxygens (including phenoxy) is 1. The van der Waals surface area contributed by atoms with Crippen LogP contribution in [0.5, 0.6) is 0 Å². The van der Waals surface area contributed by atoms with E-state index in [0.29, 0.717) is 18.7 Å². The average molecular weight is 267 g/mol. The Balaban J connectivity index is 3.12. The lowest BCUT2D eigenvalue weighted by Gasteiger charge is -2.16. The molecule has 1 rings (SSSR count). The Hall–Kier alpha value is -1.62. The van der Waals surface area contributed by atoms with Crippen molar-refractivity contribution in [1.82, 2.24) is 4.57 Å². The van der Waals surface area contributed by atoms with Crippen molar-refractivity contribution in [3.63, 3.8) is 0 Å². The Morgan fingerprint density at radius 2 is 2.11 bits per heavy atom. The molecule has 5 heteroatoms. The van der Waals surface area contributed by atoms with Gasteiger partial charge in [-0.3, -0.25) is 9.59 Å². The van der Waals surface area contributed by atoms with E-state index < -0.39 is 5.97 Å². The summed E-state index contributed by atoms with van der Waals surface area (Å²) in [7, 11) is 1.62. The van der Waals surface area contributed by atoms with E-state index in [1.54, 1.807) is 17.7 Å².